The standard InChI is InChI=1S/C20H23NO2/c1-4-11-23-19-8-5-17(6-9-19)7-10-20(22)21-18-13-15(2)12-16(3)14-18/h5-10,12-14H,4,11H2,1-3H3,(H,21,22). The third kappa shape index (κ3) is 5.62. The molecule has 23 heavy (non-hydrogen) atoms. The van der Waals surface area contributed by atoms with Crippen molar-refractivity contribution >= 4 is 17.7 Å². The van der Waals surface area contributed by atoms with Crippen LogP contribution in [0, 0.1) is 13.8 Å². The minimum absolute atomic E-state index is 0.138. The van der Waals surface area contributed by atoms with E-state index in [1.165, 1.54) is 0 Å². The molecule has 3 nitrogen and oxygen atoms in total. The van der Waals surface area contributed by atoms with Crippen molar-refractivity contribution in [3.8, 4) is 5.75 Å². The Morgan fingerprint density at radius 2 is 1.74 bits per heavy atom. The molecule has 120 valence electrons. The zero-order valence-corrected chi connectivity index (χ0v) is 13.9. The van der Waals surface area contributed by atoms with E-state index in [-0.39, 0.29) is 5.91 Å². The van der Waals surface area contributed by atoms with Gasteiger partial charge in [0.15, 0.2) is 0 Å². The highest BCUT2D eigenvalue weighted by atomic mass is 16.5. The number of carbonyl (C=O) groups is 1. The first-order valence-electron chi connectivity index (χ1n) is 7.87. The monoisotopic (exact) mass is 309 g/mol. The van der Waals surface area contributed by atoms with Crippen molar-refractivity contribution in [2.75, 3.05) is 11.9 Å². The van der Waals surface area contributed by atoms with E-state index >= 15 is 0 Å². The van der Waals surface area contributed by atoms with Gasteiger partial charge >= 0.3 is 0 Å². The summed E-state index contributed by atoms with van der Waals surface area (Å²) in [5.41, 5.74) is 4.05. The molecule has 0 saturated heterocycles. The van der Waals surface area contributed by atoms with Gasteiger partial charge in [0.2, 0.25) is 5.91 Å². The number of benzene rings is 2. The van der Waals surface area contributed by atoms with Crippen LogP contribution < -0.4 is 10.1 Å². The topological polar surface area (TPSA) is 38.3 Å². The van der Waals surface area contributed by atoms with Gasteiger partial charge in [0, 0.05) is 11.8 Å². The largest absolute Gasteiger partial charge is 0.494 e. The van der Waals surface area contributed by atoms with Gasteiger partial charge in [0.05, 0.1) is 6.61 Å². The average molecular weight is 309 g/mol. The number of anilines is 1. The third-order valence-corrected chi connectivity index (χ3v) is 3.27. The second kappa shape index (κ2) is 8.18. The summed E-state index contributed by atoms with van der Waals surface area (Å²) in [6.45, 7) is 6.82. The summed E-state index contributed by atoms with van der Waals surface area (Å²) in [5.74, 6) is 0.713. The molecule has 1 N–H and O–H groups in total. The normalized spacial score (nSPS) is 10.7. The van der Waals surface area contributed by atoms with Crippen LogP contribution in [0.2, 0.25) is 0 Å². The highest BCUT2D eigenvalue weighted by Gasteiger charge is 2.00. The van der Waals surface area contributed by atoms with Crippen LogP contribution in [0.5, 0.6) is 5.75 Å². The Hall–Kier alpha value is -2.55. The Morgan fingerprint density at radius 1 is 1.09 bits per heavy atom. The van der Waals surface area contributed by atoms with E-state index in [9.17, 15) is 4.79 Å². The Kier molecular flexibility index (Phi) is 5.98. The maximum atomic E-state index is 12.0. The summed E-state index contributed by atoms with van der Waals surface area (Å²) in [6, 6.07) is 13.7. The van der Waals surface area contributed by atoms with Crippen LogP contribution in [0.25, 0.3) is 6.08 Å². The highest BCUT2D eigenvalue weighted by molar-refractivity contribution is 6.02. The molecule has 0 heterocycles. The molecule has 0 atom stereocenters. The lowest BCUT2D eigenvalue weighted by Crippen LogP contribution is -2.08. The first-order chi connectivity index (χ1) is 11.1. The fourth-order valence-electron chi connectivity index (χ4n) is 2.30. The molecule has 2 rings (SSSR count). The van der Waals surface area contributed by atoms with E-state index in [4.69, 9.17) is 4.74 Å². The smallest absolute Gasteiger partial charge is 0.248 e. The molecule has 0 aliphatic heterocycles. The van der Waals surface area contributed by atoms with E-state index in [0.29, 0.717) is 6.61 Å². The van der Waals surface area contributed by atoms with Crippen LogP contribution in [0.15, 0.2) is 48.5 Å². The lowest BCUT2D eigenvalue weighted by Gasteiger charge is -2.05. The molecule has 0 spiro atoms. The molecule has 0 fully saturated rings. The van der Waals surface area contributed by atoms with Gasteiger partial charge in [0.25, 0.3) is 0 Å². The first kappa shape index (κ1) is 16.8. The molecule has 3 heteroatoms. The van der Waals surface area contributed by atoms with Crippen LogP contribution in [0.4, 0.5) is 5.69 Å². The predicted molar refractivity (Wildman–Crippen MR) is 95.8 cm³/mol. The number of hydrogen-bond donors (Lipinski definition) is 1. The van der Waals surface area contributed by atoms with Gasteiger partial charge in [-0.15, -0.1) is 0 Å². The van der Waals surface area contributed by atoms with Gasteiger partial charge in [0.1, 0.15) is 5.75 Å². The zero-order valence-electron chi connectivity index (χ0n) is 13.9. The van der Waals surface area contributed by atoms with Crippen molar-refractivity contribution in [2.24, 2.45) is 0 Å². The van der Waals surface area contributed by atoms with Gasteiger partial charge < -0.3 is 10.1 Å². The summed E-state index contributed by atoms with van der Waals surface area (Å²) >= 11 is 0. The maximum absolute atomic E-state index is 12.0. The van der Waals surface area contributed by atoms with Gasteiger partial charge in [-0.3, -0.25) is 4.79 Å². The molecule has 0 unspecified atom stereocenters. The number of carbonyl (C=O) groups excluding carboxylic acids is 1. The second-order valence-electron chi connectivity index (χ2n) is 5.62. The fraction of sp³-hybridized carbons (Fsp3) is 0.250. The Balaban J connectivity index is 1.95. The van der Waals surface area contributed by atoms with E-state index < -0.39 is 0 Å². The summed E-state index contributed by atoms with van der Waals surface area (Å²) in [6.07, 6.45) is 4.32. The number of ether oxygens (including phenoxy) is 1. The fourth-order valence-corrected chi connectivity index (χ4v) is 2.30. The minimum Gasteiger partial charge on any atom is -0.494 e. The molecule has 1 amide bonds. The van der Waals surface area contributed by atoms with Gasteiger partial charge in [-0.25, -0.2) is 0 Å². The average Bonchev–Trinajstić information content (AvgIpc) is 2.51. The van der Waals surface area contributed by atoms with Crippen LogP contribution in [-0.4, -0.2) is 12.5 Å². The van der Waals surface area contributed by atoms with E-state index in [1.807, 2.05) is 50.2 Å². The van der Waals surface area contributed by atoms with Gasteiger partial charge in [-0.05, 0) is 67.3 Å². The van der Waals surface area contributed by atoms with Crippen molar-refractivity contribution in [3.05, 3.63) is 65.2 Å². The Labute approximate surface area is 138 Å². The van der Waals surface area contributed by atoms with Gasteiger partial charge in [-0.1, -0.05) is 25.1 Å². The van der Waals surface area contributed by atoms with Crippen LogP contribution >= 0.6 is 0 Å². The van der Waals surface area contributed by atoms with Crippen molar-refractivity contribution in [1.82, 2.24) is 0 Å². The lowest BCUT2D eigenvalue weighted by molar-refractivity contribution is -0.111. The molecular weight excluding hydrogens is 286 g/mol. The molecule has 0 aliphatic rings. The second-order valence-corrected chi connectivity index (χ2v) is 5.62. The number of hydrogen-bond acceptors (Lipinski definition) is 2. The number of nitrogens with one attached hydrogen (secondary N) is 1. The summed E-state index contributed by atoms with van der Waals surface area (Å²) < 4.78 is 5.53. The molecular formula is C20H23NO2. The summed E-state index contributed by atoms with van der Waals surface area (Å²) in [7, 11) is 0. The summed E-state index contributed by atoms with van der Waals surface area (Å²) in [4.78, 5) is 12.0. The maximum Gasteiger partial charge on any atom is 0.248 e. The third-order valence-electron chi connectivity index (χ3n) is 3.27. The van der Waals surface area contributed by atoms with Crippen molar-refractivity contribution < 1.29 is 9.53 Å². The van der Waals surface area contributed by atoms with Crippen molar-refractivity contribution in [1.29, 1.82) is 0 Å². The number of aryl methyl sites for hydroxylation is 2. The van der Waals surface area contributed by atoms with E-state index in [1.54, 1.807) is 12.2 Å². The number of amides is 1. The SMILES string of the molecule is CCCOc1ccc(C=CC(=O)Nc2cc(C)cc(C)c2)cc1. The molecule has 0 saturated carbocycles. The molecule has 0 radical (unpaired) electrons. The molecule has 2 aromatic carbocycles. The van der Waals surface area contributed by atoms with E-state index in [0.717, 1.165) is 34.5 Å². The highest BCUT2D eigenvalue weighted by Crippen LogP contribution is 2.15. The molecule has 0 aliphatic carbocycles. The predicted octanol–water partition coefficient (Wildman–Crippen LogP) is 4.74. The van der Waals surface area contributed by atoms with Crippen molar-refractivity contribution in [2.45, 2.75) is 27.2 Å². The molecule has 2 aromatic rings. The van der Waals surface area contributed by atoms with Crippen LogP contribution in [0.3, 0.4) is 0 Å². The number of rotatable bonds is 6. The quantitative estimate of drug-likeness (QED) is 0.782. The molecule has 0 bridgehead atoms. The van der Waals surface area contributed by atoms with E-state index in [2.05, 4.69) is 18.3 Å². The van der Waals surface area contributed by atoms with Crippen LogP contribution in [-0.2, 0) is 4.79 Å². The lowest BCUT2D eigenvalue weighted by atomic mass is 10.1. The van der Waals surface area contributed by atoms with Crippen molar-refractivity contribution in [3.63, 3.8) is 0 Å². The summed E-state index contributed by atoms with van der Waals surface area (Å²) in [5, 5.41) is 2.88. The first-order valence-corrected chi connectivity index (χ1v) is 7.87. The van der Waals surface area contributed by atoms with Crippen LogP contribution in [0.1, 0.15) is 30.0 Å². The Morgan fingerprint density at radius 3 is 2.35 bits per heavy atom. The zero-order chi connectivity index (χ0) is 16.7. The Bertz CT molecular complexity index is 667. The minimum atomic E-state index is -0.138. The molecule has 0 aromatic heterocycles. The van der Waals surface area contributed by atoms with Gasteiger partial charge in [-0.2, -0.15) is 0 Å².